The quantitative estimate of drug-likeness (QED) is 0.905. The number of aromatic nitrogens is 1. The molecule has 0 aliphatic carbocycles. The first-order chi connectivity index (χ1) is 10.1. The molecule has 5 nitrogen and oxygen atoms in total. The van der Waals surface area contributed by atoms with Crippen molar-refractivity contribution >= 4 is 26.6 Å². The molecule has 1 heterocycles. The normalized spacial score (nSPS) is 13.3. The average molecular weight is 322 g/mol. The summed E-state index contributed by atoms with van der Waals surface area (Å²) in [7, 11) is -3.38. The Kier molecular flexibility index (Phi) is 4.33. The Morgan fingerprint density at radius 1 is 1.27 bits per heavy atom. The van der Waals surface area contributed by atoms with Gasteiger partial charge in [0.05, 0.1) is 5.52 Å². The maximum Gasteiger partial charge on any atom is 0.238 e. The van der Waals surface area contributed by atoms with E-state index < -0.39 is 21.0 Å². The molecule has 0 aliphatic heterocycles. The van der Waals surface area contributed by atoms with Crippen LogP contribution in [0.3, 0.4) is 0 Å². The minimum Gasteiger partial charge on any atom is -0.358 e. The van der Waals surface area contributed by atoms with Crippen LogP contribution in [0.5, 0.6) is 0 Å². The van der Waals surface area contributed by atoms with E-state index in [9.17, 15) is 13.2 Å². The molecule has 6 heteroatoms. The first kappa shape index (κ1) is 16.5. The minimum absolute atomic E-state index is 0.302. The Morgan fingerprint density at radius 2 is 1.91 bits per heavy atom. The third kappa shape index (κ3) is 3.16. The van der Waals surface area contributed by atoms with Crippen molar-refractivity contribution in [2.24, 2.45) is 0 Å². The van der Waals surface area contributed by atoms with Crippen LogP contribution in [0.25, 0.3) is 10.9 Å². The van der Waals surface area contributed by atoms with Crippen molar-refractivity contribution in [1.82, 2.24) is 10.3 Å². The van der Waals surface area contributed by atoms with Gasteiger partial charge in [-0.25, -0.2) is 8.42 Å². The fourth-order valence-electron chi connectivity index (χ4n) is 2.45. The number of hydrogen-bond acceptors (Lipinski definition) is 3. The molecule has 120 valence electrons. The van der Waals surface area contributed by atoms with Gasteiger partial charge in [-0.15, -0.1) is 0 Å². The summed E-state index contributed by atoms with van der Waals surface area (Å²) < 4.78 is 22.9. The first-order valence-electron chi connectivity index (χ1n) is 7.16. The number of H-pyrrole nitrogens is 1. The topological polar surface area (TPSA) is 79.0 Å². The van der Waals surface area contributed by atoms with Gasteiger partial charge >= 0.3 is 0 Å². The second-order valence-electron chi connectivity index (χ2n) is 5.91. The lowest BCUT2D eigenvalue weighted by Gasteiger charge is -2.11. The highest BCUT2D eigenvalue weighted by Crippen LogP contribution is 2.26. The molecule has 1 aromatic heterocycles. The number of amides is 1. The van der Waals surface area contributed by atoms with Crippen LogP contribution in [0.15, 0.2) is 12.1 Å². The molecule has 1 amide bonds. The Labute approximate surface area is 131 Å². The van der Waals surface area contributed by atoms with Crippen molar-refractivity contribution in [3.05, 3.63) is 34.5 Å². The first-order valence-corrected chi connectivity index (χ1v) is 9.11. The SMILES string of the molecule is Cc1cc(CNC(=O)C(C)S(C)(=O)=O)c2[nH]c(C)c(C)c2c1. The van der Waals surface area contributed by atoms with Crippen LogP contribution in [0.4, 0.5) is 0 Å². The standard InChI is InChI=1S/C16H22N2O3S/c1-9-6-13(8-17-16(19)12(4)22(5,20)21)15-14(7-9)10(2)11(3)18-15/h6-7,12,18H,8H2,1-5H3,(H,17,19). The van der Waals surface area contributed by atoms with Crippen molar-refractivity contribution in [3.63, 3.8) is 0 Å². The van der Waals surface area contributed by atoms with Gasteiger partial charge in [0.15, 0.2) is 9.84 Å². The summed E-state index contributed by atoms with van der Waals surface area (Å²) in [5.41, 5.74) is 5.34. The fourth-order valence-corrected chi connectivity index (χ4v) is 2.92. The summed E-state index contributed by atoms with van der Waals surface area (Å²) in [5.74, 6) is -0.475. The van der Waals surface area contributed by atoms with Crippen LogP contribution in [0.1, 0.15) is 29.3 Å². The largest absolute Gasteiger partial charge is 0.358 e. The summed E-state index contributed by atoms with van der Waals surface area (Å²) >= 11 is 0. The van der Waals surface area contributed by atoms with E-state index in [2.05, 4.69) is 23.3 Å². The smallest absolute Gasteiger partial charge is 0.238 e. The number of hydrogen-bond donors (Lipinski definition) is 2. The van der Waals surface area contributed by atoms with E-state index in [4.69, 9.17) is 0 Å². The van der Waals surface area contributed by atoms with Crippen LogP contribution >= 0.6 is 0 Å². The van der Waals surface area contributed by atoms with Gasteiger partial charge in [-0.2, -0.15) is 0 Å². The summed E-state index contributed by atoms with van der Waals surface area (Å²) in [6, 6.07) is 4.11. The molecule has 0 radical (unpaired) electrons. The molecule has 2 aromatic rings. The van der Waals surface area contributed by atoms with E-state index in [0.717, 1.165) is 34.0 Å². The highest BCUT2D eigenvalue weighted by Gasteiger charge is 2.23. The number of benzene rings is 1. The lowest BCUT2D eigenvalue weighted by Crippen LogP contribution is -2.37. The molecule has 0 bridgehead atoms. The minimum atomic E-state index is -3.38. The lowest BCUT2D eigenvalue weighted by atomic mass is 10.0. The lowest BCUT2D eigenvalue weighted by molar-refractivity contribution is -0.120. The van der Waals surface area contributed by atoms with Crippen LogP contribution < -0.4 is 5.32 Å². The van der Waals surface area contributed by atoms with Gasteiger partial charge in [-0.1, -0.05) is 11.6 Å². The van der Waals surface area contributed by atoms with Crippen molar-refractivity contribution in [2.75, 3.05) is 6.26 Å². The highest BCUT2D eigenvalue weighted by atomic mass is 32.2. The zero-order valence-electron chi connectivity index (χ0n) is 13.6. The third-order valence-electron chi connectivity index (χ3n) is 4.11. The van der Waals surface area contributed by atoms with Crippen LogP contribution in [-0.4, -0.2) is 30.8 Å². The molecule has 0 saturated heterocycles. The maximum absolute atomic E-state index is 12.0. The predicted octanol–water partition coefficient (Wildman–Crippen LogP) is 2.14. The molecule has 1 unspecified atom stereocenters. The highest BCUT2D eigenvalue weighted by molar-refractivity contribution is 7.92. The summed E-state index contributed by atoms with van der Waals surface area (Å²) in [4.78, 5) is 15.3. The molecule has 0 spiro atoms. The summed E-state index contributed by atoms with van der Waals surface area (Å²) in [5, 5.41) is 2.81. The molecule has 0 saturated carbocycles. The van der Waals surface area contributed by atoms with Gasteiger partial charge < -0.3 is 10.3 Å². The molecule has 2 rings (SSSR count). The number of fused-ring (bicyclic) bond motifs is 1. The van der Waals surface area contributed by atoms with Gasteiger partial charge in [-0.05, 0) is 44.9 Å². The molecule has 1 atom stereocenters. The molecule has 2 N–H and O–H groups in total. The van der Waals surface area contributed by atoms with E-state index in [0.29, 0.717) is 6.54 Å². The molecule has 22 heavy (non-hydrogen) atoms. The van der Waals surface area contributed by atoms with Gasteiger partial charge in [0.25, 0.3) is 0 Å². The molecule has 0 fully saturated rings. The van der Waals surface area contributed by atoms with E-state index in [1.807, 2.05) is 19.9 Å². The fraction of sp³-hybridized carbons (Fsp3) is 0.438. The van der Waals surface area contributed by atoms with Crippen molar-refractivity contribution in [2.45, 2.75) is 39.5 Å². The number of aromatic amines is 1. The van der Waals surface area contributed by atoms with Crippen LogP contribution in [0.2, 0.25) is 0 Å². The average Bonchev–Trinajstić information content (AvgIpc) is 2.70. The van der Waals surface area contributed by atoms with E-state index in [1.54, 1.807) is 0 Å². The van der Waals surface area contributed by atoms with Gasteiger partial charge in [0.1, 0.15) is 5.25 Å². The summed E-state index contributed by atoms with van der Waals surface area (Å²) in [6.45, 7) is 7.78. The number of sulfone groups is 1. The van der Waals surface area contributed by atoms with Crippen molar-refractivity contribution in [1.29, 1.82) is 0 Å². The number of aryl methyl sites for hydroxylation is 3. The van der Waals surface area contributed by atoms with Crippen molar-refractivity contribution < 1.29 is 13.2 Å². The molecular formula is C16H22N2O3S. The Bertz CT molecular complexity index is 835. The summed E-state index contributed by atoms with van der Waals surface area (Å²) in [6.07, 6.45) is 1.07. The van der Waals surface area contributed by atoms with E-state index >= 15 is 0 Å². The third-order valence-corrected chi connectivity index (χ3v) is 5.61. The van der Waals surface area contributed by atoms with Gasteiger partial charge in [0.2, 0.25) is 5.91 Å². The molecular weight excluding hydrogens is 300 g/mol. The van der Waals surface area contributed by atoms with Gasteiger partial charge in [-0.3, -0.25) is 4.79 Å². The zero-order valence-corrected chi connectivity index (χ0v) is 14.4. The Balaban J connectivity index is 2.29. The second kappa shape index (κ2) is 5.76. The molecule has 1 aromatic carbocycles. The maximum atomic E-state index is 12.0. The van der Waals surface area contributed by atoms with E-state index in [1.165, 1.54) is 12.5 Å². The zero-order chi connectivity index (χ0) is 16.7. The number of carbonyl (C=O) groups excluding carboxylic acids is 1. The number of rotatable bonds is 4. The van der Waals surface area contributed by atoms with E-state index in [-0.39, 0.29) is 0 Å². The Hall–Kier alpha value is -1.82. The van der Waals surface area contributed by atoms with Gasteiger partial charge in [0, 0.05) is 23.9 Å². The Morgan fingerprint density at radius 3 is 2.50 bits per heavy atom. The van der Waals surface area contributed by atoms with Crippen LogP contribution in [-0.2, 0) is 21.2 Å². The predicted molar refractivity (Wildman–Crippen MR) is 88.7 cm³/mol. The van der Waals surface area contributed by atoms with Crippen LogP contribution in [0, 0.1) is 20.8 Å². The monoisotopic (exact) mass is 322 g/mol. The number of nitrogens with one attached hydrogen (secondary N) is 2. The molecule has 0 aliphatic rings. The van der Waals surface area contributed by atoms with Crippen molar-refractivity contribution in [3.8, 4) is 0 Å². The number of carbonyl (C=O) groups is 1. The second-order valence-corrected chi connectivity index (χ2v) is 8.28.